The van der Waals surface area contributed by atoms with Gasteiger partial charge < -0.3 is 44.0 Å². The first-order chi connectivity index (χ1) is 25.5. The number of rotatable bonds is 22. The fourth-order valence-corrected chi connectivity index (χ4v) is 5.92. The highest BCUT2D eigenvalue weighted by Crippen LogP contribution is 2.42. The van der Waals surface area contributed by atoms with Crippen LogP contribution in [0, 0.1) is 5.92 Å². The number of aliphatic carboxylic acids is 1. The topological polar surface area (TPSA) is 154 Å². The number of hydrogen-bond acceptors (Lipinski definition) is 11. The number of nitrogens with zero attached hydrogens (tertiary/aromatic N) is 1. The molecule has 1 aliphatic heterocycles. The summed E-state index contributed by atoms with van der Waals surface area (Å²) >= 11 is 6.45. The van der Waals surface area contributed by atoms with Crippen LogP contribution in [0.4, 0.5) is 0 Å². The van der Waals surface area contributed by atoms with Crippen LogP contribution in [0.5, 0.6) is 17.2 Å². The van der Waals surface area contributed by atoms with Gasteiger partial charge in [-0.3, -0.25) is 9.79 Å². The molecular weight excluding hydrogens is 704 g/mol. The second-order valence-electron chi connectivity index (χ2n) is 12.7. The largest absolute Gasteiger partial charge is 0.492 e. The number of aliphatic imine (C=N–C) groups is 1. The number of esters is 1. The number of carbonyl (C=O) groups excluding carboxylic acids is 1. The van der Waals surface area contributed by atoms with E-state index < -0.39 is 29.9 Å². The van der Waals surface area contributed by atoms with Crippen LogP contribution in [-0.4, -0.2) is 92.8 Å². The van der Waals surface area contributed by atoms with Crippen molar-refractivity contribution in [3.63, 3.8) is 0 Å². The Morgan fingerprint density at radius 2 is 1.49 bits per heavy atom. The van der Waals surface area contributed by atoms with Gasteiger partial charge in [0.2, 0.25) is 0 Å². The zero-order valence-corrected chi connectivity index (χ0v) is 31.3. The Morgan fingerprint density at radius 3 is 2.15 bits per heavy atom. The standard InChI is InChI=1S/C40H49ClN2O10/c1-26(2)49-20-19-48-24-29-9-11-33(12-10-29)53-25-30(44)23-42-17-18-50-31-13-15-32(16-14-31)51-21-22-52-40(47)37-28(4)43-27(3)36(39(45)46)38(37)34-7-5-6-8-35(34)41/h5-16,26,30,36,38,42,44H,17-25H2,1-4H3,(H,45,46). The second-order valence-corrected chi connectivity index (χ2v) is 13.1. The van der Waals surface area contributed by atoms with Crippen molar-refractivity contribution in [1.29, 1.82) is 0 Å². The van der Waals surface area contributed by atoms with E-state index in [1.54, 1.807) is 62.4 Å². The molecule has 3 atom stereocenters. The van der Waals surface area contributed by atoms with Crippen molar-refractivity contribution in [3.05, 3.63) is 100 Å². The number of aliphatic hydroxyl groups excluding tert-OH is 1. The molecule has 0 saturated heterocycles. The summed E-state index contributed by atoms with van der Waals surface area (Å²) in [7, 11) is 0. The summed E-state index contributed by atoms with van der Waals surface area (Å²) in [6.07, 6.45) is -0.504. The summed E-state index contributed by atoms with van der Waals surface area (Å²) in [4.78, 5) is 29.9. The Hall–Kier alpha value is -4.46. The first-order valence-corrected chi connectivity index (χ1v) is 18.0. The molecule has 0 aromatic heterocycles. The molecule has 0 aliphatic carbocycles. The summed E-state index contributed by atoms with van der Waals surface area (Å²) in [5.74, 6) is -1.84. The summed E-state index contributed by atoms with van der Waals surface area (Å²) < 4.78 is 33.8. The smallest absolute Gasteiger partial charge is 0.336 e. The number of carboxylic acids is 1. The van der Waals surface area contributed by atoms with Gasteiger partial charge in [0.05, 0.1) is 31.5 Å². The third kappa shape index (κ3) is 13.2. The average molecular weight is 753 g/mol. The Kier molecular flexibility index (Phi) is 16.6. The van der Waals surface area contributed by atoms with Crippen LogP contribution in [-0.2, 0) is 30.4 Å². The van der Waals surface area contributed by atoms with Gasteiger partial charge in [-0.1, -0.05) is 41.9 Å². The summed E-state index contributed by atoms with van der Waals surface area (Å²) in [6.45, 7) is 10.3. The number of ether oxygens (including phenoxy) is 6. The highest BCUT2D eigenvalue weighted by Gasteiger charge is 2.42. The van der Waals surface area contributed by atoms with E-state index in [1.165, 1.54) is 0 Å². The van der Waals surface area contributed by atoms with Crippen LogP contribution < -0.4 is 19.5 Å². The lowest BCUT2D eigenvalue weighted by atomic mass is 9.75. The van der Waals surface area contributed by atoms with Gasteiger partial charge in [-0.25, -0.2) is 4.79 Å². The molecule has 3 aromatic rings. The Balaban J connectivity index is 1.11. The van der Waals surface area contributed by atoms with Crippen molar-refractivity contribution in [1.82, 2.24) is 5.32 Å². The Bertz CT molecular complexity index is 1680. The number of benzene rings is 3. The van der Waals surface area contributed by atoms with Crippen LogP contribution in [0.2, 0.25) is 5.02 Å². The maximum atomic E-state index is 13.3. The summed E-state index contributed by atoms with van der Waals surface area (Å²) in [6, 6.07) is 21.4. The van der Waals surface area contributed by atoms with Crippen LogP contribution in [0.25, 0.3) is 0 Å². The molecule has 0 fully saturated rings. The van der Waals surface area contributed by atoms with Crippen molar-refractivity contribution >= 4 is 29.3 Å². The van der Waals surface area contributed by atoms with Crippen LogP contribution in [0.1, 0.15) is 44.7 Å². The Morgan fingerprint density at radius 1 is 0.849 bits per heavy atom. The molecule has 3 aromatic carbocycles. The van der Waals surface area contributed by atoms with Crippen molar-refractivity contribution in [2.24, 2.45) is 10.9 Å². The predicted molar refractivity (Wildman–Crippen MR) is 201 cm³/mol. The number of halogens is 1. The lowest BCUT2D eigenvalue weighted by Gasteiger charge is -2.31. The minimum Gasteiger partial charge on any atom is -0.492 e. The van der Waals surface area contributed by atoms with Gasteiger partial charge in [-0.05, 0) is 81.3 Å². The van der Waals surface area contributed by atoms with Crippen LogP contribution in [0.15, 0.2) is 89.1 Å². The fraction of sp³-hybridized carbons (Fsp3) is 0.425. The number of hydrogen-bond donors (Lipinski definition) is 3. The molecule has 12 nitrogen and oxygen atoms in total. The van der Waals surface area contributed by atoms with Gasteiger partial charge in [0.1, 0.15) is 55.7 Å². The summed E-state index contributed by atoms with van der Waals surface area (Å²) in [5.41, 5.74) is 2.47. The van der Waals surface area contributed by atoms with E-state index in [1.807, 2.05) is 38.1 Å². The normalized spacial score (nSPS) is 16.2. The number of nitrogens with one attached hydrogen (secondary N) is 1. The van der Waals surface area contributed by atoms with E-state index in [9.17, 15) is 19.8 Å². The van der Waals surface area contributed by atoms with Crippen molar-refractivity contribution in [2.45, 2.75) is 52.4 Å². The van der Waals surface area contributed by atoms with Gasteiger partial charge in [0.25, 0.3) is 0 Å². The van der Waals surface area contributed by atoms with Crippen molar-refractivity contribution in [3.8, 4) is 17.2 Å². The minimum absolute atomic E-state index is 0.0664. The van der Waals surface area contributed by atoms with Crippen LogP contribution >= 0.6 is 11.6 Å². The zero-order valence-electron chi connectivity index (χ0n) is 30.6. The van der Waals surface area contributed by atoms with Gasteiger partial charge in [0, 0.05) is 35.4 Å². The number of allylic oxidation sites excluding steroid dienone is 1. The fourth-order valence-electron chi connectivity index (χ4n) is 5.66. The molecule has 4 rings (SSSR count). The molecule has 13 heteroatoms. The van der Waals surface area contributed by atoms with E-state index in [-0.39, 0.29) is 31.5 Å². The average Bonchev–Trinajstić information content (AvgIpc) is 3.13. The molecule has 1 heterocycles. The van der Waals surface area contributed by atoms with E-state index in [0.29, 0.717) is 78.8 Å². The summed E-state index contributed by atoms with van der Waals surface area (Å²) in [5, 5.41) is 23.8. The maximum Gasteiger partial charge on any atom is 0.336 e. The molecule has 0 radical (unpaired) electrons. The Labute approximate surface area is 315 Å². The number of carbonyl (C=O) groups is 2. The van der Waals surface area contributed by atoms with Crippen LogP contribution in [0.3, 0.4) is 0 Å². The van der Waals surface area contributed by atoms with Crippen molar-refractivity contribution < 1.29 is 48.2 Å². The molecule has 0 bridgehead atoms. The monoisotopic (exact) mass is 752 g/mol. The molecular formula is C40H49ClN2O10. The van der Waals surface area contributed by atoms with E-state index >= 15 is 0 Å². The third-order valence-corrected chi connectivity index (χ3v) is 8.55. The maximum absolute atomic E-state index is 13.3. The van der Waals surface area contributed by atoms with E-state index in [0.717, 1.165) is 5.56 Å². The van der Waals surface area contributed by atoms with E-state index in [4.69, 9.17) is 40.0 Å². The van der Waals surface area contributed by atoms with E-state index in [2.05, 4.69) is 10.3 Å². The lowest BCUT2D eigenvalue weighted by Crippen LogP contribution is -2.35. The molecule has 3 N–H and O–H groups in total. The number of carboxylic acid groups (broad SMARTS) is 1. The SMILES string of the molecule is CC1=NC(C)=C(C(=O)OCCOc2ccc(OCCNCC(O)COc3ccc(COCCOC(C)C)cc3)cc2)C(c2ccccc2Cl)C1C(=O)O. The zero-order chi connectivity index (χ0) is 38.2. The molecule has 3 unspecified atom stereocenters. The van der Waals surface area contributed by atoms with Gasteiger partial charge >= 0.3 is 11.9 Å². The molecule has 53 heavy (non-hydrogen) atoms. The van der Waals surface area contributed by atoms with Gasteiger partial charge in [-0.15, -0.1) is 0 Å². The molecule has 286 valence electrons. The highest BCUT2D eigenvalue weighted by atomic mass is 35.5. The minimum atomic E-state index is -1.11. The van der Waals surface area contributed by atoms with Gasteiger partial charge in [-0.2, -0.15) is 0 Å². The van der Waals surface area contributed by atoms with Crippen molar-refractivity contribution in [2.75, 3.05) is 52.7 Å². The molecule has 0 spiro atoms. The quantitative estimate of drug-likeness (QED) is 0.0837. The van der Waals surface area contributed by atoms with Gasteiger partial charge in [0.15, 0.2) is 0 Å². The third-order valence-electron chi connectivity index (χ3n) is 8.20. The highest BCUT2D eigenvalue weighted by molar-refractivity contribution is 6.31. The predicted octanol–water partition coefficient (Wildman–Crippen LogP) is 5.85. The first-order valence-electron chi connectivity index (χ1n) is 17.6. The second kappa shape index (κ2) is 21.3. The molecule has 0 amide bonds. The number of aliphatic hydroxyl groups is 1. The lowest BCUT2D eigenvalue weighted by molar-refractivity contribution is -0.141. The first kappa shape index (κ1) is 41.3. The molecule has 0 saturated carbocycles. The molecule has 1 aliphatic rings.